The Morgan fingerprint density at radius 1 is 1.16 bits per heavy atom. The topological polar surface area (TPSA) is 70.2 Å². The van der Waals surface area contributed by atoms with Gasteiger partial charge >= 0.3 is 5.97 Å². The van der Waals surface area contributed by atoms with E-state index < -0.39 is 0 Å². The van der Waals surface area contributed by atoms with Crippen molar-refractivity contribution in [2.24, 2.45) is 0 Å². The number of benzene rings is 2. The smallest absolute Gasteiger partial charge is 0.337 e. The molecule has 0 N–H and O–H groups in total. The zero-order valence-corrected chi connectivity index (χ0v) is 13.5. The molecule has 4 aromatic rings. The third-order valence-corrected chi connectivity index (χ3v) is 4.11. The highest BCUT2D eigenvalue weighted by Gasteiger charge is 2.15. The molecule has 0 saturated heterocycles. The Labute approximate surface area is 143 Å². The van der Waals surface area contributed by atoms with E-state index in [1.807, 2.05) is 36.4 Å². The first-order valence-electron chi connectivity index (χ1n) is 7.78. The predicted octanol–water partition coefficient (Wildman–Crippen LogP) is 3.53. The molecule has 0 fully saturated rings. The molecular weight excluding hydrogens is 318 g/mol. The summed E-state index contributed by atoms with van der Waals surface area (Å²) in [7, 11) is 1.37. The van der Waals surface area contributed by atoms with Gasteiger partial charge in [0.1, 0.15) is 5.69 Å². The standard InChI is InChI=1S/C19H15N3O3/c1-24-19(23)14-8-6-13(7-9-14)11-22-16-5-3-2-4-15(16)10-17(22)18-21-20-12-25-18/h2-10,12H,11H2,1H3. The molecular formula is C19H15N3O3. The van der Waals surface area contributed by atoms with Gasteiger partial charge in [-0.05, 0) is 29.8 Å². The first-order chi connectivity index (χ1) is 12.3. The minimum absolute atomic E-state index is 0.343. The summed E-state index contributed by atoms with van der Waals surface area (Å²) in [6.07, 6.45) is 1.32. The molecule has 0 radical (unpaired) electrons. The van der Waals surface area contributed by atoms with Crippen LogP contribution < -0.4 is 0 Å². The van der Waals surface area contributed by atoms with Gasteiger partial charge in [-0.1, -0.05) is 30.3 Å². The summed E-state index contributed by atoms with van der Waals surface area (Å²) in [4.78, 5) is 11.6. The average Bonchev–Trinajstić information content (AvgIpc) is 3.30. The predicted molar refractivity (Wildman–Crippen MR) is 92.1 cm³/mol. The second kappa shape index (κ2) is 6.24. The monoisotopic (exact) mass is 333 g/mol. The number of hydrogen-bond acceptors (Lipinski definition) is 5. The van der Waals surface area contributed by atoms with Crippen LogP contribution in [-0.4, -0.2) is 27.8 Å². The summed E-state index contributed by atoms with van der Waals surface area (Å²) in [5.41, 5.74) is 3.51. The lowest BCUT2D eigenvalue weighted by atomic mass is 10.1. The molecule has 0 saturated carbocycles. The van der Waals surface area contributed by atoms with E-state index in [1.165, 1.54) is 13.5 Å². The number of ether oxygens (including phenoxy) is 1. The molecule has 0 spiro atoms. The van der Waals surface area contributed by atoms with Gasteiger partial charge in [0.2, 0.25) is 6.39 Å². The van der Waals surface area contributed by atoms with Gasteiger partial charge in [0.05, 0.1) is 12.7 Å². The van der Waals surface area contributed by atoms with Crippen LogP contribution in [0.5, 0.6) is 0 Å². The van der Waals surface area contributed by atoms with Gasteiger partial charge in [0.25, 0.3) is 5.89 Å². The van der Waals surface area contributed by atoms with E-state index in [0.717, 1.165) is 22.2 Å². The van der Waals surface area contributed by atoms with E-state index in [1.54, 1.807) is 12.1 Å². The van der Waals surface area contributed by atoms with E-state index in [2.05, 4.69) is 20.8 Å². The molecule has 6 heteroatoms. The fourth-order valence-corrected chi connectivity index (χ4v) is 2.89. The maximum atomic E-state index is 11.6. The quantitative estimate of drug-likeness (QED) is 0.534. The molecule has 2 heterocycles. The average molecular weight is 333 g/mol. The highest BCUT2D eigenvalue weighted by atomic mass is 16.5. The number of aromatic nitrogens is 3. The second-order valence-electron chi connectivity index (χ2n) is 5.61. The van der Waals surface area contributed by atoms with Crippen molar-refractivity contribution in [1.29, 1.82) is 0 Å². The number of esters is 1. The molecule has 2 aromatic heterocycles. The van der Waals surface area contributed by atoms with Crippen molar-refractivity contribution in [1.82, 2.24) is 14.8 Å². The third-order valence-electron chi connectivity index (χ3n) is 4.11. The first-order valence-corrected chi connectivity index (χ1v) is 7.78. The lowest BCUT2D eigenvalue weighted by molar-refractivity contribution is 0.0600. The van der Waals surface area contributed by atoms with Gasteiger partial charge in [-0.2, -0.15) is 0 Å². The van der Waals surface area contributed by atoms with E-state index in [4.69, 9.17) is 9.15 Å². The number of rotatable bonds is 4. The Morgan fingerprint density at radius 3 is 2.68 bits per heavy atom. The number of fused-ring (bicyclic) bond motifs is 1. The lowest BCUT2D eigenvalue weighted by Gasteiger charge is -2.09. The Balaban J connectivity index is 1.76. The van der Waals surface area contributed by atoms with Crippen molar-refractivity contribution in [2.45, 2.75) is 6.54 Å². The van der Waals surface area contributed by atoms with Gasteiger partial charge in [-0.15, -0.1) is 10.2 Å². The molecule has 0 aliphatic carbocycles. The summed E-state index contributed by atoms with van der Waals surface area (Å²) in [6, 6.07) is 17.5. The van der Waals surface area contributed by atoms with Crippen LogP contribution in [0.25, 0.3) is 22.5 Å². The summed E-state index contributed by atoms with van der Waals surface area (Å²) >= 11 is 0. The minimum atomic E-state index is -0.343. The molecule has 6 nitrogen and oxygen atoms in total. The lowest BCUT2D eigenvalue weighted by Crippen LogP contribution is -2.04. The van der Waals surface area contributed by atoms with Crippen molar-refractivity contribution >= 4 is 16.9 Å². The van der Waals surface area contributed by atoms with Crippen LogP contribution in [0.4, 0.5) is 0 Å². The van der Waals surface area contributed by atoms with Crippen LogP contribution in [0, 0.1) is 0 Å². The van der Waals surface area contributed by atoms with E-state index >= 15 is 0 Å². The summed E-state index contributed by atoms with van der Waals surface area (Å²) < 4.78 is 12.2. The maximum absolute atomic E-state index is 11.6. The molecule has 25 heavy (non-hydrogen) atoms. The number of nitrogens with zero attached hydrogens (tertiary/aromatic N) is 3. The van der Waals surface area contributed by atoms with Crippen LogP contribution in [0.2, 0.25) is 0 Å². The van der Waals surface area contributed by atoms with E-state index in [0.29, 0.717) is 18.0 Å². The fourth-order valence-electron chi connectivity index (χ4n) is 2.89. The molecule has 124 valence electrons. The van der Waals surface area contributed by atoms with Crippen molar-refractivity contribution in [2.75, 3.05) is 7.11 Å². The zero-order valence-electron chi connectivity index (χ0n) is 13.5. The van der Waals surface area contributed by atoms with E-state index in [9.17, 15) is 4.79 Å². The highest BCUT2D eigenvalue weighted by molar-refractivity contribution is 5.89. The Bertz CT molecular complexity index is 1020. The molecule has 0 atom stereocenters. The van der Waals surface area contributed by atoms with Gasteiger partial charge in [-0.25, -0.2) is 4.79 Å². The minimum Gasteiger partial charge on any atom is -0.465 e. The third kappa shape index (κ3) is 2.78. The SMILES string of the molecule is COC(=O)c1ccc(Cn2c(-c3nnco3)cc3ccccc32)cc1. The van der Waals surface area contributed by atoms with E-state index in [-0.39, 0.29) is 5.97 Å². The molecule has 0 unspecified atom stereocenters. The Hall–Kier alpha value is -3.41. The van der Waals surface area contributed by atoms with Crippen LogP contribution in [0.1, 0.15) is 15.9 Å². The normalized spacial score (nSPS) is 10.9. The molecule has 0 aliphatic rings. The second-order valence-corrected chi connectivity index (χ2v) is 5.61. The Morgan fingerprint density at radius 2 is 1.96 bits per heavy atom. The molecule has 0 amide bonds. The van der Waals surface area contributed by atoms with Crippen molar-refractivity contribution < 1.29 is 13.9 Å². The van der Waals surface area contributed by atoms with Crippen molar-refractivity contribution in [3.8, 4) is 11.6 Å². The number of hydrogen-bond donors (Lipinski definition) is 0. The van der Waals surface area contributed by atoms with Crippen LogP contribution in [0.3, 0.4) is 0 Å². The van der Waals surface area contributed by atoms with Gasteiger partial charge in [0.15, 0.2) is 0 Å². The number of carbonyl (C=O) groups excluding carboxylic acids is 1. The molecule has 4 rings (SSSR count). The maximum Gasteiger partial charge on any atom is 0.337 e. The van der Waals surface area contributed by atoms with Gasteiger partial charge in [0, 0.05) is 17.4 Å². The number of para-hydroxylation sites is 1. The van der Waals surface area contributed by atoms with Gasteiger partial charge in [-0.3, -0.25) is 0 Å². The fraction of sp³-hybridized carbons (Fsp3) is 0.105. The first kappa shape index (κ1) is 15.1. The van der Waals surface area contributed by atoms with Crippen LogP contribution >= 0.6 is 0 Å². The largest absolute Gasteiger partial charge is 0.465 e. The molecule has 2 aromatic carbocycles. The number of carbonyl (C=O) groups is 1. The Kier molecular flexibility index (Phi) is 3.78. The zero-order chi connectivity index (χ0) is 17.2. The van der Waals surface area contributed by atoms with Crippen molar-refractivity contribution in [3.63, 3.8) is 0 Å². The van der Waals surface area contributed by atoms with Crippen LogP contribution in [0.15, 0.2) is 65.4 Å². The molecule has 0 bridgehead atoms. The van der Waals surface area contributed by atoms with Crippen molar-refractivity contribution in [3.05, 3.63) is 72.1 Å². The molecule has 0 aliphatic heterocycles. The van der Waals surface area contributed by atoms with Crippen LogP contribution in [-0.2, 0) is 11.3 Å². The highest BCUT2D eigenvalue weighted by Crippen LogP contribution is 2.28. The van der Waals surface area contributed by atoms with Gasteiger partial charge < -0.3 is 13.7 Å². The summed E-state index contributed by atoms with van der Waals surface area (Å²) in [5, 5.41) is 8.91. The number of methoxy groups -OCH3 is 1. The summed E-state index contributed by atoms with van der Waals surface area (Å²) in [6.45, 7) is 0.618. The summed E-state index contributed by atoms with van der Waals surface area (Å²) in [5.74, 6) is 0.131.